The molecule has 0 saturated heterocycles. The Labute approximate surface area is 396 Å². The number of H-pyrrole nitrogens is 2. The van der Waals surface area contributed by atoms with E-state index in [0.29, 0.717) is 36.9 Å². The molecule has 342 valence electrons. The molecule has 68 heavy (non-hydrogen) atoms. The first kappa shape index (κ1) is 43.1. The first-order valence-corrected chi connectivity index (χ1v) is 24.2. The van der Waals surface area contributed by atoms with E-state index in [0.717, 1.165) is 91.2 Å². The van der Waals surface area contributed by atoms with E-state index in [1.165, 1.54) is 43.6 Å². The largest absolute Gasteiger partial charge is 0.493 e. The highest BCUT2D eigenvalue weighted by atomic mass is 16.5. The van der Waals surface area contributed by atoms with Crippen molar-refractivity contribution in [3.8, 4) is 56.0 Å². The summed E-state index contributed by atoms with van der Waals surface area (Å²) in [4.78, 5) is 0. The van der Waals surface area contributed by atoms with Crippen LogP contribution in [0.5, 0.6) is 11.5 Å². The molecule has 4 heterocycles. The maximum absolute atomic E-state index is 6.01. The van der Waals surface area contributed by atoms with Crippen molar-refractivity contribution >= 4 is 65.7 Å². The summed E-state index contributed by atoms with van der Waals surface area (Å²) in [5.41, 5.74) is 16.3. The quantitative estimate of drug-likeness (QED) is 0.112. The van der Waals surface area contributed by atoms with Crippen molar-refractivity contribution in [1.82, 2.24) is 40.0 Å². The van der Waals surface area contributed by atoms with Gasteiger partial charge < -0.3 is 18.6 Å². The third kappa shape index (κ3) is 7.71. The number of hydrogen-bond donors (Lipinski definition) is 2. The third-order valence-corrected chi connectivity index (χ3v) is 13.0. The zero-order chi connectivity index (χ0) is 46.8. The Balaban J connectivity index is 1.04. The second-order valence-electron chi connectivity index (χ2n) is 20.2. The van der Waals surface area contributed by atoms with E-state index in [1.54, 1.807) is 0 Å². The van der Waals surface area contributed by atoms with Crippen molar-refractivity contribution < 1.29 is 9.47 Å². The van der Waals surface area contributed by atoms with Gasteiger partial charge in [0.2, 0.25) is 0 Å². The molecule has 0 bridgehead atoms. The van der Waals surface area contributed by atoms with Crippen LogP contribution in [-0.4, -0.2) is 53.2 Å². The second kappa shape index (κ2) is 17.3. The minimum atomic E-state index is 0.462. The van der Waals surface area contributed by atoms with E-state index in [2.05, 4.69) is 201 Å². The Morgan fingerprint density at radius 2 is 0.809 bits per heavy atom. The number of nitrogens with zero attached hydrogens (tertiary/aromatic N) is 6. The highest BCUT2D eigenvalue weighted by Crippen LogP contribution is 2.44. The maximum Gasteiger partial charge on any atom is 0.123 e. The standard InChI is InChI=1S/C58H58N8O2/c1-33(2)29-65-49-21-13-39(37-9-17-43(18-10-37)67-31-35(5)6)25-45(49)47-27-41(15-23-51(47)65)53-55-57(61-63-59-55)54(58-56(53)60-64-62-58)42-16-24-52-48(28-42)46-26-40(14-22-50(46)66(52)30-34(3)4)38-11-19-44(20-12-38)68-32-36(7)8/h9-28,33-36H,29-32H2,1-8H3,(H,59,61,63)(H,60,62,64). The van der Waals surface area contributed by atoms with E-state index >= 15 is 0 Å². The van der Waals surface area contributed by atoms with Crippen molar-refractivity contribution in [3.05, 3.63) is 121 Å². The number of benzene rings is 7. The van der Waals surface area contributed by atoms with Crippen molar-refractivity contribution in [3.63, 3.8) is 0 Å². The van der Waals surface area contributed by atoms with Gasteiger partial charge in [-0.05, 0) is 130 Å². The van der Waals surface area contributed by atoms with Crippen LogP contribution in [0.25, 0.3) is 110 Å². The van der Waals surface area contributed by atoms with Crippen molar-refractivity contribution in [1.29, 1.82) is 0 Å². The summed E-state index contributed by atoms with van der Waals surface area (Å²) in [5, 5.41) is 30.0. The maximum atomic E-state index is 6.01. The lowest BCUT2D eigenvalue weighted by molar-refractivity contribution is 0.271. The summed E-state index contributed by atoms with van der Waals surface area (Å²) >= 11 is 0. The predicted molar refractivity (Wildman–Crippen MR) is 279 cm³/mol. The number of aromatic nitrogens is 8. The summed E-state index contributed by atoms with van der Waals surface area (Å²) in [7, 11) is 0. The minimum Gasteiger partial charge on any atom is -0.493 e. The lowest BCUT2D eigenvalue weighted by Gasteiger charge is -2.12. The molecule has 0 amide bonds. The third-order valence-electron chi connectivity index (χ3n) is 13.0. The average Bonchev–Trinajstić information content (AvgIpc) is 4.14. The van der Waals surface area contributed by atoms with Crippen LogP contribution in [0.3, 0.4) is 0 Å². The van der Waals surface area contributed by atoms with Gasteiger partial charge in [-0.15, -0.1) is 5.10 Å². The van der Waals surface area contributed by atoms with Crippen LogP contribution in [0.4, 0.5) is 0 Å². The molecule has 2 N–H and O–H groups in total. The van der Waals surface area contributed by atoms with Crippen LogP contribution in [0.15, 0.2) is 121 Å². The number of hydrogen-bond acceptors (Lipinski definition) is 6. The van der Waals surface area contributed by atoms with Crippen LogP contribution in [-0.2, 0) is 13.1 Å². The van der Waals surface area contributed by atoms with Gasteiger partial charge in [0.25, 0.3) is 0 Å². The van der Waals surface area contributed by atoms with Crippen molar-refractivity contribution in [2.75, 3.05) is 13.2 Å². The smallest absolute Gasteiger partial charge is 0.123 e. The summed E-state index contributed by atoms with van der Waals surface area (Å²) in [6.07, 6.45) is 0. The molecule has 11 aromatic rings. The zero-order valence-corrected chi connectivity index (χ0v) is 40.2. The van der Waals surface area contributed by atoms with E-state index in [9.17, 15) is 0 Å². The molecule has 10 heteroatoms. The van der Waals surface area contributed by atoms with Crippen molar-refractivity contribution in [2.24, 2.45) is 23.7 Å². The van der Waals surface area contributed by atoms with Gasteiger partial charge >= 0.3 is 0 Å². The lowest BCUT2D eigenvalue weighted by atomic mass is 9.93. The van der Waals surface area contributed by atoms with E-state index in [4.69, 9.17) is 24.8 Å². The van der Waals surface area contributed by atoms with E-state index < -0.39 is 0 Å². The number of ether oxygens (including phenoxy) is 2. The molecule has 0 saturated carbocycles. The average molecular weight is 899 g/mol. The lowest BCUT2D eigenvalue weighted by Crippen LogP contribution is -2.04. The number of rotatable bonds is 14. The Morgan fingerprint density at radius 3 is 1.24 bits per heavy atom. The molecule has 0 atom stereocenters. The molecular weight excluding hydrogens is 841 g/mol. The molecule has 0 aliphatic rings. The zero-order valence-electron chi connectivity index (χ0n) is 40.2. The van der Waals surface area contributed by atoms with Gasteiger partial charge in [-0.1, -0.05) is 109 Å². The second-order valence-corrected chi connectivity index (χ2v) is 20.2. The van der Waals surface area contributed by atoms with Gasteiger partial charge in [0.15, 0.2) is 0 Å². The van der Waals surface area contributed by atoms with E-state index in [-0.39, 0.29) is 0 Å². The first-order valence-electron chi connectivity index (χ1n) is 24.2. The molecule has 0 unspecified atom stereocenters. The molecule has 0 aliphatic heterocycles. The van der Waals surface area contributed by atoms with Crippen LogP contribution in [0, 0.1) is 23.7 Å². The first-order chi connectivity index (χ1) is 33.0. The molecular formula is C58H58N8O2. The number of nitrogens with one attached hydrogen (secondary N) is 2. The van der Waals surface area contributed by atoms with Gasteiger partial charge in [-0.25, -0.2) is 0 Å². The summed E-state index contributed by atoms with van der Waals surface area (Å²) < 4.78 is 16.9. The van der Waals surface area contributed by atoms with Gasteiger partial charge in [0, 0.05) is 67.8 Å². The predicted octanol–water partition coefficient (Wildman–Crippen LogP) is 14.5. The van der Waals surface area contributed by atoms with Crippen LogP contribution in [0.1, 0.15) is 55.4 Å². The fourth-order valence-corrected chi connectivity index (χ4v) is 9.96. The SMILES string of the molecule is CC(C)COc1ccc(-c2ccc3c(c2)c2cc(-c4c5n[nH]nc5c(-c5ccc6c(c5)c5cc(-c7ccc(OCC(C)C)cc7)ccc5n6CC(C)C)c5[nH]nnc45)ccc2n3CC(C)C)cc1. The van der Waals surface area contributed by atoms with Crippen LogP contribution >= 0.6 is 0 Å². The number of fused-ring (bicyclic) bond motifs is 8. The molecule has 10 nitrogen and oxygen atoms in total. The topological polar surface area (TPSA) is 111 Å². The highest BCUT2D eigenvalue weighted by molar-refractivity contribution is 6.19. The van der Waals surface area contributed by atoms with Crippen LogP contribution in [0.2, 0.25) is 0 Å². The molecule has 4 aromatic heterocycles. The monoisotopic (exact) mass is 898 g/mol. The molecule has 0 radical (unpaired) electrons. The van der Waals surface area contributed by atoms with Gasteiger partial charge in [0.05, 0.1) is 18.7 Å². The Kier molecular flexibility index (Phi) is 11.0. The molecule has 0 aliphatic carbocycles. The highest BCUT2D eigenvalue weighted by Gasteiger charge is 2.25. The Morgan fingerprint density at radius 1 is 0.426 bits per heavy atom. The Bertz CT molecular complexity index is 3350. The Hall–Kier alpha value is -7.46. The summed E-state index contributed by atoms with van der Waals surface area (Å²) in [6.45, 7) is 21.0. The van der Waals surface area contributed by atoms with Crippen molar-refractivity contribution in [2.45, 2.75) is 68.5 Å². The molecule has 7 aromatic carbocycles. The van der Waals surface area contributed by atoms with E-state index in [1.807, 2.05) is 0 Å². The van der Waals surface area contributed by atoms with Gasteiger partial charge in [0.1, 0.15) is 28.0 Å². The fourth-order valence-electron chi connectivity index (χ4n) is 9.96. The van der Waals surface area contributed by atoms with Gasteiger partial charge in [-0.3, -0.25) is 5.10 Å². The summed E-state index contributed by atoms with van der Waals surface area (Å²) in [5.74, 6) is 3.64. The summed E-state index contributed by atoms with van der Waals surface area (Å²) in [6, 6.07) is 44.1. The van der Waals surface area contributed by atoms with Gasteiger partial charge in [-0.2, -0.15) is 15.4 Å². The molecule has 0 fully saturated rings. The molecule has 0 spiro atoms. The fraction of sp³-hybridized carbons (Fsp3) is 0.276. The molecule has 11 rings (SSSR count). The number of aromatic amines is 2. The minimum absolute atomic E-state index is 0.462. The normalized spacial score (nSPS) is 12.3. The van der Waals surface area contributed by atoms with Crippen LogP contribution < -0.4 is 9.47 Å².